The fraction of sp³-hybridized carbons (Fsp3) is 0.651. The highest BCUT2D eigenvalue weighted by Gasteiger charge is 2.50. The van der Waals surface area contributed by atoms with Crippen LogP contribution in [0.5, 0.6) is 0 Å². The normalized spacial score (nSPS) is 26.2. The number of hydrogen-bond acceptors (Lipinski definition) is 9. The van der Waals surface area contributed by atoms with Crippen LogP contribution in [0.25, 0.3) is 0 Å². The molecule has 0 spiro atoms. The highest BCUT2D eigenvalue weighted by atomic mass is 17.2. The first-order valence-electron chi connectivity index (χ1n) is 19.6. The number of carbonyl (C=O) groups excluding carboxylic acids is 3. The number of rotatable bonds is 16. The molecular formula is C43H62O9. The van der Waals surface area contributed by atoms with Crippen molar-refractivity contribution in [2.45, 2.75) is 156 Å². The van der Waals surface area contributed by atoms with E-state index in [4.69, 9.17) is 29.0 Å². The third-order valence-electron chi connectivity index (χ3n) is 11.4. The van der Waals surface area contributed by atoms with Crippen molar-refractivity contribution in [2.75, 3.05) is 0 Å². The number of aryl methyl sites for hydroxylation is 2. The van der Waals surface area contributed by atoms with Gasteiger partial charge >= 0.3 is 18.1 Å². The minimum Gasteiger partial charge on any atom is -0.425 e. The molecule has 2 aromatic rings. The molecule has 0 amide bonds. The van der Waals surface area contributed by atoms with Crippen molar-refractivity contribution >= 4 is 18.1 Å². The summed E-state index contributed by atoms with van der Waals surface area (Å²) in [6.07, 6.45) is 7.68. The van der Waals surface area contributed by atoms with E-state index in [1.165, 1.54) is 0 Å². The van der Waals surface area contributed by atoms with Crippen LogP contribution in [0.4, 0.5) is 4.79 Å². The molecule has 9 nitrogen and oxygen atoms in total. The number of ether oxygens (including phenoxy) is 2. The van der Waals surface area contributed by atoms with Gasteiger partial charge in [-0.15, -0.1) is 0 Å². The lowest BCUT2D eigenvalue weighted by molar-refractivity contribution is -0.327. The molecule has 0 aromatic heterocycles. The van der Waals surface area contributed by atoms with Crippen LogP contribution in [0.1, 0.15) is 151 Å². The van der Waals surface area contributed by atoms with Crippen LogP contribution in [0.2, 0.25) is 0 Å². The summed E-state index contributed by atoms with van der Waals surface area (Å²) in [6.45, 7) is 16.5. The molecule has 9 heteroatoms. The molecule has 0 aliphatic heterocycles. The maximum absolute atomic E-state index is 13.7. The summed E-state index contributed by atoms with van der Waals surface area (Å²) in [5.41, 5.74) is 0.860. The molecule has 0 radical (unpaired) electrons. The number of hydrogen-bond donors (Lipinski definition) is 0. The molecule has 2 aliphatic carbocycles. The predicted octanol–water partition coefficient (Wildman–Crippen LogP) is 10.6. The van der Waals surface area contributed by atoms with Gasteiger partial charge in [0, 0.05) is 0 Å². The first kappa shape index (κ1) is 41.3. The Hall–Kier alpha value is -3.43. The molecule has 4 rings (SSSR count). The summed E-state index contributed by atoms with van der Waals surface area (Å²) >= 11 is 0. The average molecular weight is 723 g/mol. The maximum atomic E-state index is 13.7. The van der Waals surface area contributed by atoms with E-state index in [1.54, 1.807) is 38.1 Å². The molecular weight excluding hydrogens is 660 g/mol. The third-order valence-corrected chi connectivity index (χ3v) is 11.4. The monoisotopic (exact) mass is 722 g/mol. The molecule has 288 valence electrons. The summed E-state index contributed by atoms with van der Waals surface area (Å²) in [7, 11) is 0. The van der Waals surface area contributed by atoms with Crippen molar-refractivity contribution in [3.05, 3.63) is 70.8 Å². The lowest BCUT2D eigenvalue weighted by Gasteiger charge is -2.45. The van der Waals surface area contributed by atoms with Crippen molar-refractivity contribution in [1.82, 2.24) is 0 Å². The first-order valence-corrected chi connectivity index (χ1v) is 19.6. The van der Waals surface area contributed by atoms with Crippen LogP contribution in [-0.4, -0.2) is 41.5 Å². The molecule has 2 fully saturated rings. The smallest absolute Gasteiger partial charge is 0.425 e. The molecule has 2 aromatic carbocycles. The molecule has 2 aliphatic rings. The summed E-state index contributed by atoms with van der Waals surface area (Å²) in [6, 6.07) is 14.7. The van der Waals surface area contributed by atoms with Gasteiger partial charge in [-0.1, -0.05) is 78.6 Å². The Bertz CT molecular complexity index is 1330. The van der Waals surface area contributed by atoms with Crippen LogP contribution >= 0.6 is 0 Å². The van der Waals surface area contributed by atoms with Crippen LogP contribution in [0, 0.1) is 23.7 Å². The highest BCUT2D eigenvalue weighted by molar-refractivity contribution is 5.89. The van der Waals surface area contributed by atoms with Gasteiger partial charge < -0.3 is 9.47 Å². The molecule has 0 heterocycles. The predicted molar refractivity (Wildman–Crippen MR) is 199 cm³/mol. The molecule has 52 heavy (non-hydrogen) atoms. The zero-order chi connectivity index (χ0) is 37.9. The maximum Gasteiger partial charge on any atom is 0.509 e. The van der Waals surface area contributed by atoms with Crippen LogP contribution in [0.3, 0.4) is 0 Å². The van der Waals surface area contributed by atoms with Crippen LogP contribution in [-0.2, 0) is 41.9 Å². The van der Waals surface area contributed by atoms with Gasteiger partial charge in [0.15, 0.2) is 0 Å². The quantitative estimate of drug-likeness (QED) is 0.0950. The summed E-state index contributed by atoms with van der Waals surface area (Å²) in [5, 5.41) is 0. The number of carbonyl (C=O) groups is 3. The van der Waals surface area contributed by atoms with Gasteiger partial charge in [-0.05, 0) is 137 Å². The van der Waals surface area contributed by atoms with Crippen molar-refractivity contribution in [3.8, 4) is 0 Å². The van der Waals surface area contributed by atoms with Gasteiger partial charge in [0.2, 0.25) is 0 Å². The van der Waals surface area contributed by atoms with Crippen molar-refractivity contribution in [3.63, 3.8) is 0 Å². The Morgan fingerprint density at radius 2 is 1.00 bits per heavy atom. The van der Waals surface area contributed by atoms with Gasteiger partial charge in [-0.2, -0.15) is 9.78 Å². The second-order valence-corrected chi connectivity index (χ2v) is 16.1. The molecule has 6 unspecified atom stereocenters. The highest BCUT2D eigenvalue weighted by Crippen LogP contribution is 2.43. The summed E-state index contributed by atoms with van der Waals surface area (Å²) in [4.78, 5) is 62.1. The second-order valence-electron chi connectivity index (χ2n) is 16.1. The first-order chi connectivity index (χ1) is 24.8. The van der Waals surface area contributed by atoms with Crippen LogP contribution in [0.15, 0.2) is 48.5 Å². The van der Waals surface area contributed by atoms with E-state index in [0.717, 1.165) is 62.5 Å². The van der Waals surface area contributed by atoms with E-state index in [9.17, 15) is 14.4 Å². The second kappa shape index (κ2) is 19.1. The van der Waals surface area contributed by atoms with Gasteiger partial charge in [-0.3, -0.25) is 9.78 Å². The Kier molecular flexibility index (Phi) is 15.1. The van der Waals surface area contributed by atoms with Gasteiger partial charge in [-0.25, -0.2) is 14.4 Å². The van der Waals surface area contributed by atoms with Crippen LogP contribution < -0.4 is 0 Å². The van der Waals surface area contributed by atoms with Crippen molar-refractivity contribution in [2.24, 2.45) is 23.7 Å². The minimum absolute atomic E-state index is 0.290. The van der Waals surface area contributed by atoms with E-state index in [0.29, 0.717) is 48.6 Å². The topological polar surface area (TPSA) is 107 Å². The SMILES string of the molecule is CCCCc1ccc(C(=O)OOC2CC(C(C)C)CCC2(C)OC(=O)OC2(C)CCC(C(C)C)CC2OOC(=O)c2ccc(CCCC)cc2)cc1. The fourth-order valence-electron chi connectivity index (χ4n) is 7.35. The standard InChI is InChI=1S/C43H62O9/c1-9-11-13-31-15-19-33(20-16-31)39(44)51-49-37-27-35(29(3)4)23-25-42(37,7)47-41(46)48-43(8)26-24-36(30(5)6)28-38(43)50-52-40(45)34-21-17-32(18-22-34)14-12-10-2/h15-22,29-30,35-38H,9-14,23-28H2,1-8H3. The fourth-order valence-corrected chi connectivity index (χ4v) is 7.35. The summed E-state index contributed by atoms with van der Waals surface area (Å²) in [5.74, 6) is 0.105. The van der Waals surface area contributed by atoms with Gasteiger partial charge in [0.25, 0.3) is 0 Å². The Morgan fingerprint density at radius 3 is 1.33 bits per heavy atom. The van der Waals surface area contributed by atoms with Gasteiger partial charge in [0.05, 0.1) is 11.1 Å². The zero-order valence-electron chi connectivity index (χ0n) is 32.7. The number of benzene rings is 2. The largest absolute Gasteiger partial charge is 0.509 e. The lowest BCUT2D eigenvalue weighted by atomic mass is 9.73. The molecule has 0 N–H and O–H groups in total. The van der Waals surface area contributed by atoms with Crippen molar-refractivity contribution in [1.29, 1.82) is 0 Å². The minimum atomic E-state index is -1.12. The van der Waals surface area contributed by atoms with E-state index in [-0.39, 0.29) is 11.8 Å². The van der Waals surface area contributed by atoms with E-state index < -0.39 is 41.5 Å². The third kappa shape index (κ3) is 11.3. The van der Waals surface area contributed by atoms with Crippen molar-refractivity contribution < 1.29 is 43.4 Å². The number of unbranched alkanes of at least 4 members (excludes halogenated alkanes) is 2. The van der Waals surface area contributed by atoms with Gasteiger partial charge in [0.1, 0.15) is 23.4 Å². The lowest BCUT2D eigenvalue weighted by Crippen LogP contribution is -2.53. The molecule has 6 atom stereocenters. The van der Waals surface area contributed by atoms with E-state index >= 15 is 0 Å². The molecule has 0 saturated heterocycles. The zero-order valence-corrected chi connectivity index (χ0v) is 32.7. The molecule has 0 bridgehead atoms. The van der Waals surface area contributed by atoms with E-state index in [2.05, 4.69) is 41.5 Å². The Morgan fingerprint density at radius 1 is 0.635 bits per heavy atom. The average Bonchev–Trinajstić information content (AvgIpc) is 3.12. The van der Waals surface area contributed by atoms with E-state index in [1.807, 2.05) is 24.3 Å². The summed E-state index contributed by atoms with van der Waals surface area (Å²) < 4.78 is 12.2. The Labute approximate surface area is 311 Å². The Balaban J connectivity index is 1.42. The molecule has 2 saturated carbocycles.